The first kappa shape index (κ1) is 18.9. The van der Waals surface area contributed by atoms with Crippen molar-refractivity contribution in [3.8, 4) is 5.75 Å². The number of hydrogen-bond donors (Lipinski definition) is 1. The summed E-state index contributed by atoms with van der Waals surface area (Å²) in [5, 5.41) is 5.18. The van der Waals surface area contributed by atoms with Gasteiger partial charge in [0.05, 0.1) is 10.7 Å². The molecule has 2 nitrogen and oxygen atoms in total. The van der Waals surface area contributed by atoms with Crippen LogP contribution in [0.25, 0.3) is 0 Å². The number of anilines is 1. The highest BCUT2D eigenvalue weighted by molar-refractivity contribution is 6.35. The Morgan fingerprint density at radius 1 is 0.885 bits per heavy atom. The van der Waals surface area contributed by atoms with E-state index in [-0.39, 0.29) is 0 Å². The SMILES string of the molecule is Cc1cccc(COc2ccc(Cl)cc2CNc2cc(Cl)ccc2Cl)c1. The van der Waals surface area contributed by atoms with Crippen LogP contribution in [0.5, 0.6) is 5.75 Å². The highest BCUT2D eigenvalue weighted by Gasteiger charge is 2.08. The molecule has 0 aliphatic heterocycles. The van der Waals surface area contributed by atoms with Crippen LogP contribution in [0.3, 0.4) is 0 Å². The fourth-order valence-corrected chi connectivity index (χ4v) is 3.16. The summed E-state index contributed by atoms with van der Waals surface area (Å²) < 4.78 is 6.02. The van der Waals surface area contributed by atoms with E-state index >= 15 is 0 Å². The average molecular weight is 407 g/mol. The summed E-state index contributed by atoms with van der Waals surface area (Å²) in [6.45, 7) is 3.08. The van der Waals surface area contributed by atoms with Gasteiger partial charge in [-0.15, -0.1) is 0 Å². The van der Waals surface area contributed by atoms with E-state index < -0.39 is 0 Å². The van der Waals surface area contributed by atoms with Crippen molar-refractivity contribution in [1.82, 2.24) is 0 Å². The van der Waals surface area contributed by atoms with Gasteiger partial charge in [-0.2, -0.15) is 0 Å². The van der Waals surface area contributed by atoms with E-state index in [1.165, 1.54) is 5.56 Å². The maximum absolute atomic E-state index is 6.21. The number of halogens is 3. The molecule has 0 heterocycles. The van der Waals surface area contributed by atoms with Crippen molar-refractivity contribution in [2.24, 2.45) is 0 Å². The van der Waals surface area contributed by atoms with Gasteiger partial charge in [0.1, 0.15) is 12.4 Å². The molecule has 0 spiro atoms. The summed E-state index contributed by atoms with van der Waals surface area (Å²) in [6.07, 6.45) is 0. The van der Waals surface area contributed by atoms with Crippen LogP contribution in [0, 0.1) is 6.92 Å². The predicted octanol–water partition coefficient (Wildman–Crippen LogP) is 7.15. The quantitative estimate of drug-likeness (QED) is 0.469. The summed E-state index contributed by atoms with van der Waals surface area (Å²) in [5.74, 6) is 0.779. The van der Waals surface area contributed by atoms with E-state index in [1.807, 2.05) is 30.3 Å². The fraction of sp³-hybridized carbons (Fsp3) is 0.143. The molecular weight excluding hydrogens is 389 g/mol. The van der Waals surface area contributed by atoms with E-state index in [0.29, 0.717) is 28.2 Å². The Bertz CT molecular complexity index is 912. The maximum atomic E-state index is 6.21. The van der Waals surface area contributed by atoms with Gasteiger partial charge in [-0.25, -0.2) is 0 Å². The first-order valence-corrected chi connectivity index (χ1v) is 9.30. The number of hydrogen-bond acceptors (Lipinski definition) is 2. The molecular formula is C21H18Cl3NO. The third-order valence-corrected chi connectivity index (χ3v) is 4.70. The van der Waals surface area contributed by atoms with Gasteiger partial charge in [0.15, 0.2) is 0 Å². The Morgan fingerprint density at radius 3 is 2.46 bits per heavy atom. The Kier molecular flexibility index (Phi) is 6.31. The lowest BCUT2D eigenvalue weighted by Gasteiger charge is -2.14. The monoisotopic (exact) mass is 405 g/mol. The molecule has 3 rings (SSSR count). The second-order valence-corrected chi connectivity index (χ2v) is 7.29. The molecule has 0 aromatic heterocycles. The maximum Gasteiger partial charge on any atom is 0.124 e. The zero-order valence-electron chi connectivity index (χ0n) is 14.2. The third kappa shape index (κ3) is 5.07. The molecule has 0 aliphatic carbocycles. The van der Waals surface area contributed by atoms with Gasteiger partial charge in [0.25, 0.3) is 0 Å². The minimum Gasteiger partial charge on any atom is -0.489 e. The van der Waals surface area contributed by atoms with Gasteiger partial charge in [0.2, 0.25) is 0 Å². The smallest absolute Gasteiger partial charge is 0.124 e. The zero-order valence-corrected chi connectivity index (χ0v) is 16.5. The van der Waals surface area contributed by atoms with E-state index in [4.69, 9.17) is 39.5 Å². The van der Waals surface area contributed by atoms with Crippen molar-refractivity contribution in [2.75, 3.05) is 5.32 Å². The molecule has 0 radical (unpaired) electrons. The standard InChI is InChI=1S/C21H18Cl3NO/c1-14-3-2-4-15(9-14)13-26-21-8-6-17(22)10-16(21)12-25-20-11-18(23)5-7-19(20)24/h2-11,25H,12-13H2,1H3. The highest BCUT2D eigenvalue weighted by atomic mass is 35.5. The predicted molar refractivity (Wildman–Crippen MR) is 111 cm³/mol. The van der Waals surface area contributed by atoms with Gasteiger partial charge in [-0.1, -0.05) is 64.6 Å². The van der Waals surface area contributed by atoms with Crippen molar-refractivity contribution in [3.63, 3.8) is 0 Å². The topological polar surface area (TPSA) is 21.3 Å². The summed E-state index contributed by atoms with van der Waals surface area (Å²) in [4.78, 5) is 0. The summed E-state index contributed by atoms with van der Waals surface area (Å²) in [6, 6.07) is 19.2. The van der Waals surface area contributed by atoms with Gasteiger partial charge < -0.3 is 10.1 Å². The molecule has 0 unspecified atom stereocenters. The van der Waals surface area contributed by atoms with E-state index in [0.717, 1.165) is 22.6 Å². The molecule has 0 fully saturated rings. The van der Waals surface area contributed by atoms with Crippen molar-refractivity contribution in [1.29, 1.82) is 0 Å². The minimum atomic E-state index is 0.494. The summed E-state index contributed by atoms with van der Waals surface area (Å²) in [5.41, 5.74) is 4.04. The Hall–Kier alpha value is -1.87. The normalized spacial score (nSPS) is 10.6. The Balaban J connectivity index is 1.74. The largest absolute Gasteiger partial charge is 0.489 e. The average Bonchev–Trinajstić information content (AvgIpc) is 2.62. The number of ether oxygens (including phenoxy) is 1. The van der Waals surface area contributed by atoms with Crippen molar-refractivity contribution >= 4 is 40.5 Å². The van der Waals surface area contributed by atoms with Crippen molar-refractivity contribution in [2.45, 2.75) is 20.1 Å². The second-order valence-electron chi connectivity index (χ2n) is 6.01. The van der Waals surface area contributed by atoms with Crippen molar-refractivity contribution in [3.05, 3.63) is 92.4 Å². The van der Waals surface area contributed by atoms with Crippen LogP contribution in [0.15, 0.2) is 60.7 Å². The Morgan fingerprint density at radius 2 is 1.65 bits per heavy atom. The van der Waals surface area contributed by atoms with Crippen LogP contribution in [-0.2, 0) is 13.2 Å². The number of aryl methyl sites for hydroxylation is 1. The molecule has 3 aromatic carbocycles. The molecule has 0 saturated carbocycles. The number of rotatable bonds is 6. The molecule has 0 amide bonds. The van der Waals surface area contributed by atoms with Crippen LogP contribution in [0.4, 0.5) is 5.69 Å². The van der Waals surface area contributed by atoms with Crippen LogP contribution >= 0.6 is 34.8 Å². The van der Waals surface area contributed by atoms with Crippen molar-refractivity contribution < 1.29 is 4.74 Å². The fourth-order valence-electron chi connectivity index (χ4n) is 2.61. The number of nitrogens with one attached hydrogen (secondary N) is 1. The molecule has 1 N–H and O–H groups in total. The first-order valence-electron chi connectivity index (χ1n) is 8.17. The van der Waals surface area contributed by atoms with Gasteiger partial charge in [-0.3, -0.25) is 0 Å². The summed E-state index contributed by atoms with van der Waals surface area (Å²) >= 11 is 18.4. The molecule has 26 heavy (non-hydrogen) atoms. The minimum absolute atomic E-state index is 0.494. The second kappa shape index (κ2) is 8.68. The summed E-state index contributed by atoms with van der Waals surface area (Å²) in [7, 11) is 0. The lowest BCUT2D eigenvalue weighted by Crippen LogP contribution is -2.04. The van der Waals surface area contributed by atoms with Crippen LogP contribution in [-0.4, -0.2) is 0 Å². The van der Waals surface area contributed by atoms with Gasteiger partial charge >= 0.3 is 0 Å². The molecule has 0 saturated heterocycles. The van der Waals surface area contributed by atoms with E-state index in [9.17, 15) is 0 Å². The third-order valence-electron chi connectivity index (χ3n) is 3.90. The van der Waals surface area contributed by atoms with Crippen LogP contribution in [0.2, 0.25) is 15.1 Å². The first-order chi connectivity index (χ1) is 12.5. The van der Waals surface area contributed by atoms with Crippen LogP contribution < -0.4 is 10.1 Å². The van der Waals surface area contributed by atoms with E-state index in [1.54, 1.807) is 18.2 Å². The number of benzene rings is 3. The molecule has 0 atom stereocenters. The lowest BCUT2D eigenvalue weighted by atomic mass is 10.1. The highest BCUT2D eigenvalue weighted by Crippen LogP contribution is 2.29. The molecule has 134 valence electrons. The van der Waals surface area contributed by atoms with Gasteiger partial charge in [0, 0.05) is 22.2 Å². The lowest BCUT2D eigenvalue weighted by molar-refractivity contribution is 0.303. The Labute approximate surface area is 168 Å². The molecule has 0 bridgehead atoms. The van der Waals surface area contributed by atoms with E-state index in [2.05, 4.69) is 24.4 Å². The molecule has 3 aromatic rings. The van der Waals surface area contributed by atoms with Gasteiger partial charge in [-0.05, 0) is 48.9 Å². The molecule has 0 aliphatic rings. The zero-order chi connectivity index (χ0) is 18.5. The molecule has 5 heteroatoms. The van der Waals surface area contributed by atoms with Crippen LogP contribution in [0.1, 0.15) is 16.7 Å².